The lowest BCUT2D eigenvalue weighted by Crippen LogP contribution is -2.22. The van der Waals surface area contributed by atoms with Crippen LogP contribution in [0.1, 0.15) is 59.5 Å². The molecule has 5 nitrogen and oxygen atoms in total. The molecule has 2 aliphatic carbocycles. The van der Waals surface area contributed by atoms with E-state index >= 15 is 0 Å². The number of carbonyl (C=O) groups is 1. The molecule has 0 saturated heterocycles. The highest BCUT2D eigenvalue weighted by Gasteiger charge is 2.30. The van der Waals surface area contributed by atoms with Gasteiger partial charge in [0.25, 0.3) is 0 Å². The van der Waals surface area contributed by atoms with Gasteiger partial charge >= 0.3 is 5.97 Å². The summed E-state index contributed by atoms with van der Waals surface area (Å²) in [6.07, 6.45) is 2.43. The average molecular weight is 447 g/mol. The molecular weight excluding hydrogens is 427 g/mol. The fraction of sp³-hybridized carbons (Fsp3) is 0.364. The number of nitriles is 1. The quantitative estimate of drug-likeness (QED) is 0.494. The van der Waals surface area contributed by atoms with Crippen molar-refractivity contribution >= 4 is 35.2 Å². The van der Waals surface area contributed by atoms with Crippen molar-refractivity contribution in [2.45, 2.75) is 55.2 Å². The first-order valence-electron chi connectivity index (χ1n) is 9.80. The third-order valence-corrected chi connectivity index (χ3v) is 6.60. The second-order valence-electron chi connectivity index (χ2n) is 7.58. The Hall–Kier alpha value is -2.43. The highest BCUT2D eigenvalue weighted by atomic mass is 35.5. The van der Waals surface area contributed by atoms with Crippen LogP contribution in [0, 0.1) is 11.3 Å². The lowest BCUT2D eigenvalue weighted by Gasteiger charge is -2.20. The van der Waals surface area contributed by atoms with Gasteiger partial charge in [0.15, 0.2) is 0 Å². The number of anilines is 1. The van der Waals surface area contributed by atoms with E-state index in [0.717, 1.165) is 29.7 Å². The molecule has 156 valence electrons. The van der Waals surface area contributed by atoms with Gasteiger partial charge in [-0.3, -0.25) is 0 Å². The molecule has 0 spiro atoms. The van der Waals surface area contributed by atoms with E-state index in [0.29, 0.717) is 30.2 Å². The Morgan fingerprint density at radius 3 is 2.70 bits per heavy atom. The summed E-state index contributed by atoms with van der Waals surface area (Å²) in [5.41, 5.74) is 2.08. The van der Waals surface area contributed by atoms with Crippen LogP contribution in [0.4, 0.5) is 10.1 Å². The number of nitrogens with zero attached hydrogens (tertiary/aromatic N) is 1. The van der Waals surface area contributed by atoms with Crippen molar-refractivity contribution in [2.75, 3.05) is 4.72 Å². The summed E-state index contributed by atoms with van der Waals surface area (Å²) >= 11 is 7.43. The Morgan fingerprint density at radius 1 is 1.27 bits per heavy atom. The highest BCUT2D eigenvalue weighted by molar-refractivity contribution is 8.00. The summed E-state index contributed by atoms with van der Waals surface area (Å²) < 4.78 is 23.2. The fourth-order valence-electron chi connectivity index (χ4n) is 3.59. The molecule has 4 rings (SSSR count). The van der Waals surface area contributed by atoms with Gasteiger partial charge in [-0.25, -0.2) is 9.18 Å². The van der Waals surface area contributed by atoms with Crippen LogP contribution in [0.5, 0.6) is 5.75 Å². The molecule has 2 aliphatic rings. The van der Waals surface area contributed by atoms with Crippen LogP contribution in [-0.4, -0.2) is 23.4 Å². The number of aromatic carboxylic acids is 1. The largest absolute Gasteiger partial charge is 0.485 e. The summed E-state index contributed by atoms with van der Waals surface area (Å²) in [7, 11) is 0. The Bertz CT molecular complexity index is 1020. The summed E-state index contributed by atoms with van der Waals surface area (Å²) in [6, 6.07) is 10.3. The number of ether oxygens (including phenoxy) is 1. The molecule has 0 radical (unpaired) electrons. The van der Waals surface area contributed by atoms with Crippen LogP contribution in [0.2, 0.25) is 5.02 Å². The number of rotatable bonds is 7. The van der Waals surface area contributed by atoms with Crippen LogP contribution in [0.15, 0.2) is 35.2 Å². The normalized spacial score (nSPS) is 20.6. The van der Waals surface area contributed by atoms with Gasteiger partial charge in [0.1, 0.15) is 24.1 Å². The van der Waals surface area contributed by atoms with Gasteiger partial charge in [-0.1, -0.05) is 17.7 Å². The van der Waals surface area contributed by atoms with Gasteiger partial charge in [-0.2, -0.15) is 5.26 Å². The Morgan fingerprint density at radius 2 is 2.07 bits per heavy atom. The molecule has 30 heavy (non-hydrogen) atoms. The SMILES string of the molecule is N#Cc1cc(NSc2cc(C(=O)O)ccc2C2CC2)c(OC2CCCC2F)cc1Cl. The molecule has 2 aromatic rings. The van der Waals surface area contributed by atoms with Gasteiger partial charge in [-0.15, -0.1) is 0 Å². The van der Waals surface area contributed by atoms with Crippen molar-refractivity contribution in [2.24, 2.45) is 0 Å². The summed E-state index contributed by atoms with van der Waals surface area (Å²) in [5.74, 6) is -0.182. The first-order chi connectivity index (χ1) is 14.5. The third-order valence-electron chi connectivity index (χ3n) is 5.39. The van der Waals surface area contributed by atoms with E-state index in [9.17, 15) is 19.6 Å². The molecule has 2 unspecified atom stereocenters. The molecular formula is C22H20ClFN2O3S. The van der Waals surface area contributed by atoms with Crippen LogP contribution in [-0.2, 0) is 0 Å². The maximum absolute atomic E-state index is 14.1. The topological polar surface area (TPSA) is 82.4 Å². The minimum Gasteiger partial charge on any atom is -0.485 e. The van der Waals surface area contributed by atoms with Crippen molar-refractivity contribution < 1.29 is 19.0 Å². The van der Waals surface area contributed by atoms with Gasteiger partial charge in [-0.05, 0) is 73.7 Å². The van der Waals surface area contributed by atoms with E-state index in [1.54, 1.807) is 18.2 Å². The molecule has 0 amide bonds. The number of nitrogens with one attached hydrogen (secondary N) is 1. The van der Waals surface area contributed by atoms with Crippen molar-refractivity contribution in [3.05, 3.63) is 52.0 Å². The predicted octanol–water partition coefficient (Wildman–Crippen LogP) is 6.18. The van der Waals surface area contributed by atoms with Crippen molar-refractivity contribution in [1.29, 1.82) is 5.26 Å². The van der Waals surface area contributed by atoms with Gasteiger partial charge in [0, 0.05) is 11.0 Å². The zero-order valence-corrected chi connectivity index (χ0v) is 17.6. The minimum atomic E-state index is -1.03. The van der Waals surface area contributed by atoms with Crippen molar-refractivity contribution in [3.8, 4) is 11.8 Å². The van der Waals surface area contributed by atoms with Crippen LogP contribution in [0.25, 0.3) is 0 Å². The molecule has 2 aromatic carbocycles. The summed E-state index contributed by atoms with van der Waals surface area (Å²) in [5, 5.41) is 18.9. The summed E-state index contributed by atoms with van der Waals surface area (Å²) in [4.78, 5) is 12.2. The zero-order chi connectivity index (χ0) is 21.3. The summed E-state index contributed by atoms with van der Waals surface area (Å²) in [6.45, 7) is 0. The van der Waals surface area contributed by atoms with Crippen LogP contribution in [0.3, 0.4) is 0 Å². The molecule has 8 heteroatoms. The third kappa shape index (κ3) is 4.50. The van der Waals surface area contributed by atoms with Gasteiger partial charge < -0.3 is 14.6 Å². The molecule has 0 aromatic heterocycles. The van der Waals surface area contributed by atoms with E-state index in [1.165, 1.54) is 18.0 Å². The molecule has 0 heterocycles. The number of halogens is 2. The second kappa shape index (κ2) is 8.75. The lowest BCUT2D eigenvalue weighted by atomic mass is 10.1. The fourth-order valence-corrected chi connectivity index (χ4v) is 4.71. The van der Waals surface area contributed by atoms with Crippen molar-refractivity contribution in [1.82, 2.24) is 0 Å². The smallest absolute Gasteiger partial charge is 0.335 e. The number of carboxylic acid groups (broad SMARTS) is 1. The van der Waals surface area contributed by atoms with Crippen LogP contribution >= 0.6 is 23.5 Å². The van der Waals surface area contributed by atoms with Gasteiger partial charge in [0.05, 0.1) is 21.8 Å². The van der Waals surface area contributed by atoms with E-state index in [-0.39, 0.29) is 16.1 Å². The maximum Gasteiger partial charge on any atom is 0.335 e. The number of hydrogen-bond donors (Lipinski definition) is 2. The Balaban J connectivity index is 1.61. The average Bonchev–Trinajstić information content (AvgIpc) is 3.50. The van der Waals surface area contributed by atoms with E-state index < -0.39 is 18.2 Å². The number of alkyl halides is 1. The molecule has 0 bridgehead atoms. The van der Waals surface area contributed by atoms with E-state index in [2.05, 4.69) is 4.72 Å². The molecule has 2 N–H and O–H groups in total. The van der Waals surface area contributed by atoms with Crippen molar-refractivity contribution in [3.63, 3.8) is 0 Å². The number of carboxylic acids is 1. The highest BCUT2D eigenvalue weighted by Crippen LogP contribution is 2.45. The number of benzene rings is 2. The Labute approximate surface area is 183 Å². The molecule has 2 fully saturated rings. The molecule has 2 saturated carbocycles. The van der Waals surface area contributed by atoms with Gasteiger partial charge in [0.2, 0.25) is 0 Å². The monoisotopic (exact) mass is 446 g/mol. The maximum atomic E-state index is 14.1. The molecule has 0 aliphatic heterocycles. The Kier molecular flexibility index (Phi) is 6.07. The lowest BCUT2D eigenvalue weighted by molar-refractivity contribution is 0.0696. The zero-order valence-electron chi connectivity index (χ0n) is 16.0. The first-order valence-corrected chi connectivity index (χ1v) is 11.0. The van der Waals surface area contributed by atoms with E-state index in [4.69, 9.17) is 16.3 Å². The first kappa shape index (κ1) is 20.8. The predicted molar refractivity (Wildman–Crippen MR) is 114 cm³/mol. The second-order valence-corrected chi connectivity index (χ2v) is 8.83. The number of hydrogen-bond acceptors (Lipinski definition) is 5. The molecule has 2 atom stereocenters. The standard InChI is InChI=1S/C22H20ClFN2O3S/c23-16-10-20(29-19-3-1-2-17(19)24)18(8-14(16)11-25)26-30-21-9-13(22(27)28)6-7-15(21)12-4-5-12/h6-10,12,17,19,26H,1-5H2,(H,27,28). The van der Waals surface area contributed by atoms with Crippen LogP contribution < -0.4 is 9.46 Å². The minimum absolute atomic E-state index is 0.209. The van der Waals surface area contributed by atoms with E-state index in [1.807, 2.05) is 12.1 Å².